The second-order valence-electron chi connectivity index (χ2n) is 3.74. The Balaban J connectivity index is 2.31. The molecule has 0 radical (unpaired) electrons. The Morgan fingerprint density at radius 2 is 1.68 bits per heavy atom. The van der Waals surface area contributed by atoms with Gasteiger partial charge < -0.3 is 10.7 Å². The van der Waals surface area contributed by atoms with Crippen molar-refractivity contribution >= 4 is 17.3 Å². The fourth-order valence-electron chi connectivity index (χ4n) is 1.61. The molecule has 0 unspecified atom stereocenters. The molecule has 0 saturated heterocycles. The van der Waals surface area contributed by atoms with Gasteiger partial charge in [0.25, 0.3) is 5.91 Å². The molecule has 98 valence electrons. The Bertz CT molecular complexity index is 617. The third-order valence-electron chi connectivity index (χ3n) is 2.52. The number of halogens is 2. The number of amides is 1. The van der Waals surface area contributed by atoms with Gasteiger partial charge in [-0.3, -0.25) is 10.6 Å². The van der Waals surface area contributed by atoms with Crippen LogP contribution in [0.15, 0.2) is 42.5 Å². The number of hydrogen-bond donors (Lipinski definition) is 3. The molecular formula is C13H11F2N3O. The number of anilines is 2. The molecule has 0 bridgehead atoms. The molecule has 2 aromatic carbocycles. The van der Waals surface area contributed by atoms with Crippen molar-refractivity contribution < 1.29 is 13.6 Å². The predicted molar refractivity (Wildman–Crippen MR) is 68.6 cm³/mol. The van der Waals surface area contributed by atoms with Crippen LogP contribution in [0.3, 0.4) is 0 Å². The van der Waals surface area contributed by atoms with Crippen molar-refractivity contribution in [2.45, 2.75) is 0 Å². The molecule has 4 N–H and O–H groups in total. The molecule has 0 aliphatic heterocycles. The molecule has 0 spiro atoms. The summed E-state index contributed by atoms with van der Waals surface area (Å²) in [5.74, 6) is 3.28. The van der Waals surface area contributed by atoms with Crippen molar-refractivity contribution in [3.63, 3.8) is 0 Å². The van der Waals surface area contributed by atoms with Crippen molar-refractivity contribution in [3.05, 3.63) is 59.7 Å². The second kappa shape index (κ2) is 5.45. The molecule has 0 aliphatic carbocycles. The van der Waals surface area contributed by atoms with E-state index < -0.39 is 17.5 Å². The van der Waals surface area contributed by atoms with Gasteiger partial charge in [0.2, 0.25) is 0 Å². The molecule has 19 heavy (non-hydrogen) atoms. The standard InChI is InChI=1S/C13H11F2N3O/c14-9-5-1-2-7-11(9)17-13(19)8-4-3-6-10(15)12(8)18-16/h1-7,18H,16H2,(H,17,19). The van der Waals surface area contributed by atoms with Crippen LogP contribution >= 0.6 is 0 Å². The van der Waals surface area contributed by atoms with Gasteiger partial charge in [0.15, 0.2) is 0 Å². The Hall–Kier alpha value is -2.47. The topological polar surface area (TPSA) is 67.1 Å². The first-order chi connectivity index (χ1) is 9.13. The largest absolute Gasteiger partial charge is 0.321 e. The van der Waals surface area contributed by atoms with Gasteiger partial charge in [0, 0.05) is 0 Å². The summed E-state index contributed by atoms with van der Waals surface area (Å²) < 4.78 is 26.8. The van der Waals surface area contributed by atoms with Crippen LogP contribution in [0, 0.1) is 11.6 Å². The molecule has 0 saturated carbocycles. The smallest absolute Gasteiger partial charge is 0.257 e. The number of nitrogen functional groups attached to an aromatic ring is 1. The highest BCUT2D eigenvalue weighted by molar-refractivity contribution is 6.08. The van der Waals surface area contributed by atoms with E-state index >= 15 is 0 Å². The summed E-state index contributed by atoms with van der Waals surface area (Å²) in [5.41, 5.74) is 1.98. The van der Waals surface area contributed by atoms with Gasteiger partial charge in [-0.2, -0.15) is 0 Å². The van der Waals surface area contributed by atoms with Gasteiger partial charge in [0.1, 0.15) is 11.6 Å². The molecule has 0 atom stereocenters. The summed E-state index contributed by atoms with van der Waals surface area (Å²) in [4.78, 5) is 12.0. The molecule has 2 rings (SSSR count). The number of nitrogens with one attached hydrogen (secondary N) is 2. The number of hydrogen-bond acceptors (Lipinski definition) is 3. The highest BCUT2D eigenvalue weighted by atomic mass is 19.1. The first-order valence-corrected chi connectivity index (χ1v) is 5.44. The lowest BCUT2D eigenvalue weighted by atomic mass is 10.1. The summed E-state index contributed by atoms with van der Waals surface area (Å²) in [5, 5.41) is 2.35. The Labute approximate surface area is 108 Å². The van der Waals surface area contributed by atoms with Crippen LogP contribution < -0.4 is 16.6 Å². The van der Waals surface area contributed by atoms with E-state index in [0.717, 1.165) is 6.07 Å². The second-order valence-corrected chi connectivity index (χ2v) is 3.74. The lowest BCUT2D eigenvalue weighted by Gasteiger charge is -2.10. The average Bonchev–Trinajstić information content (AvgIpc) is 2.41. The summed E-state index contributed by atoms with van der Waals surface area (Å²) in [7, 11) is 0. The van der Waals surface area contributed by atoms with Crippen LogP contribution in [0.25, 0.3) is 0 Å². The summed E-state index contributed by atoms with van der Waals surface area (Å²) in [6.45, 7) is 0. The van der Waals surface area contributed by atoms with Crippen molar-refractivity contribution in [1.82, 2.24) is 0 Å². The van der Waals surface area contributed by atoms with E-state index in [9.17, 15) is 13.6 Å². The van der Waals surface area contributed by atoms with E-state index in [1.165, 1.54) is 30.3 Å². The van der Waals surface area contributed by atoms with E-state index in [-0.39, 0.29) is 16.9 Å². The SMILES string of the molecule is NNc1c(F)cccc1C(=O)Nc1ccccc1F. The van der Waals surface area contributed by atoms with Gasteiger partial charge in [0.05, 0.1) is 16.9 Å². The normalized spacial score (nSPS) is 10.1. The number of hydrazine groups is 1. The van der Waals surface area contributed by atoms with Crippen LogP contribution in [-0.4, -0.2) is 5.91 Å². The molecular weight excluding hydrogens is 252 g/mol. The van der Waals surface area contributed by atoms with Crippen LogP contribution in [0.1, 0.15) is 10.4 Å². The average molecular weight is 263 g/mol. The molecule has 0 aromatic heterocycles. The number of nitrogens with two attached hydrogens (primary N) is 1. The Kier molecular flexibility index (Phi) is 3.72. The van der Waals surface area contributed by atoms with Crippen LogP contribution in [0.5, 0.6) is 0 Å². The molecule has 0 fully saturated rings. The number of benzene rings is 2. The number of carbonyl (C=O) groups is 1. The monoisotopic (exact) mass is 263 g/mol. The van der Waals surface area contributed by atoms with Crippen LogP contribution in [-0.2, 0) is 0 Å². The number of carbonyl (C=O) groups excluding carboxylic acids is 1. The van der Waals surface area contributed by atoms with Crippen LogP contribution in [0.2, 0.25) is 0 Å². The minimum Gasteiger partial charge on any atom is -0.321 e. The van der Waals surface area contributed by atoms with Gasteiger partial charge >= 0.3 is 0 Å². The number of rotatable bonds is 3. The summed E-state index contributed by atoms with van der Waals surface area (Å²) in [6, 6.07) is 9.60. The van der Waals surface area contributed by atoms with Crippen LogP contribution in [0.4, 0.5) is 20.2 Å². The van der Waals surface area contributed by atoms with E-state index in [1.807, 2.05) is 0 Å². The summed E-state index contributed by atoms with van der Waals surface area (Å²) >= 11 is 0. The maximum Gasteiger partial charge on any atom is 0.257 e. The maximum absolute atomic E-state index is 13.4. The van der Waals surface area contributed by atoms with Gasteiger partial charge in [-0.25, -0.2) is 8.78 Å². The minimum absolute atomic E-state index is 0.00856. The van der Waals surface area contributed by atoms with Gasteiger partial charge in [-0.1, -0.05) is 18.2 Å². The molecule has 1 amide bonds. The first kappa shape index (κ1) is 13.0. The van der Waals surface area contributed by atoms with E-state index in [0.29, 0.717) is 0 Å². The maximum atomic E-state index is 13.4. The lowest BCUT2D eigenvalue weighted by Crippen LogP contribution is -2.18. The zero-order valence-corrected chi connectivity index (χ0v) is 9.78. The highest BCUT2D eigenvalue weighted by Gasteiger charge is 2.15. The third kappa shape index (κ3) is 2.69. The molecule has 0 aliphatic rings. The summed E-state index contributed by atoms with van der Waals surface area (Å²) in [6.07, 6.45) is 0. The van der Waals surface area contributed by atoms with E-state index in [2.05, 4.69) is 10.7 Å². The molecule has 2 aromatic rings. The highest BCUT2D eigenvalue weighted by Crippen LogP contribution is 2.21. The Morgan fingerprint density at radius 1 is 1.00 bits per heavy atom. The van der Waals surface area contributed by atoms with Gasteiger partial charge in [-0.05, 0) is 24.3 Å². The predicted octanol–water partition coefficient (Wildman–Crippen LogP) is 2.50. The number of para-hydroxylation sites is 2. The molecule has 4 nitrogen and oxygen atoms in total. The van der Waals surface area contributed by atoms with Crippen molar-refractivity contribution in [3.8, 4) is 0 Å². The lowest BCUT2D eigenvalue weighted by molar-refractivity contribution is 0.102. The Morgan fingerprint density at radius 3 is 2.37 bits per heavy atom. The van der Waals surface area contributed by atoms with Crippen molar-refractivity contribution in [1.29, 1.82) is 0 Å². The fraction of sp³-hybridized carbons (Fsp3) is 0. The molecule has 0 heterocycles. The van der Waals surface area contributed by atoms with Gasteiger partial charge in [-0.15, -0.1) is 0 Å². The zero-order chi connectivity index (χ0) is 13.8. The molecule has 6 heteroatoms. The quantitative estimate of drug-likeness (QED) is 0.588. The fourth-order valence-corrected chi connectivity index (χ4v) is 1.61. The minimum atomic E-state index is -0.663. The van der Waals surface area contributed by atoms with Crippen molar-refractivity contribution in [2.75, 3.05) is 10.7 Å². The first-order valence-electron chi connectivity index (χ1n) is 5.44. The van der Waals surface area contributed by atoms with E-state index in [4.69, 9.17) is 5.84 Å². The van der Waals surface area contributed by atoms with Crippen molar-refractivity contribution in [2.24, 2.45) is 5.84 Å². The zero-order valence-electron chi connectivity index (χ0n) is 9.78. The van der Waals surface area contributed by atoms with E-state index in [1.54, 1.807) is 6.07 Å². The third-order valence-corrected chi connectivity index (χ3v) is 2.52.